The summed E-state index contributed by atoms with van der Waals surface area (Å²) < 4.78 is 5.89. The summed E-state index contributed by atoms with van der Waals surface area (Å²) >= 11 is 5.85. The van der Waals surface area contributed by atoms with Gasteiger partial charge in [-0.1, -0.05) is 41.9 Å². The Morgan fingerprint density at radius 1 is 1.07 bits per heavy atom. The maximum absolute atomic E-state index is 12.2. The van der Waals surface area contributed by atoms with Crippen LogP contribution in [0.1, 0.15) is 16.8 Å². The smallest absolute Gasteiger partial charge is 0.316 e. The van der Waals surface area contributed by atoms with Gasteiger partial charge in [0.25, 0.3) is 5.91 Å². The van der Waals surface area contributed by atoms with Crippen LogP contribution in [0.3, 0.4) is 0 Å². The zero-order valence-corrected chi connectivity index (χ0v) is 16.5. The van der Waals surface area contributed by atoms with Crippen molar-refractivity contribution in [3.63, 3.8) is 0 Å². The Labute approximate surface area is 174 Å². The molecule has 2 heterocycles. The van der Waals surface area contributed by atoms with E-state index in [1.54, 1.807) is 36.7 Å². The summed E-state index contributed by atoms with van der Waals surface area (Å²) in [7, 11) is 0. The molecule has 7 heteroatoms. The fourth-order valence-electron chi connectivity index (χ4n) is 3.25. The standard InChI is InChI=1S/C22H21ClN4O2/c23-18-8-6-16(7-9-18)21(28)25-13-19-10-20(14-24-19)29-22-26-11-17(12-27-22)15-4-2-1-3-5-15/h1-9,11-12,19-20,24H,10,13-14H2,(H,25,28)/t19-,20+/m0/s1. The Bertz CT molecular complexity index is 949. The molecule has 0 radical (unpaired) electrons. The van der Waals surface area contributed by atoms with Gasteiger partial charge in [0.05, 0.1) is 0 Å². The SMILES string of the molecule is O=C(NC[C@@H]1C[C@@H](Oc2ncc(-c3ccccc3)cn2)CN1)c1ccc(Cl)cc1. The lowest BCUT2D eigenvalue weighted by Crippen LogP contribution is -2.37. The molecule has 0 aliphatic carbocycles. The maximum atomic E-state index is 12.2. The van der Waals surface area contributed by atoms with Crippen LogP contribution in [0.2, 0.25) is 5.02 Å². The number of benzene rings is 2. The number of nitrogens with one attached hydrogen (secondary N) is 2. The zero-order chi connectivity index (χ0) is 20.1. The Kier molecular flexibility index (Phi) is 6.03. The molecule has 6 nitrogen and oxygen atoms in total. The van der Waals surface area contributed by atoms with E-state index in [0.29, 0.717) is 29.7 Å². The molecule has 4 rings (SSSR count). The van der Waals surface area contributed by atoms with Crippen LogP contribution in [0.5, 0.6) is 6.01 Å². The first kappa shape index (κ1) is 19.4. The number of ether oxygens (including phenoxy) is 1. The third kappa shape index (κ3) is 5.10. The molecular weight excluding hydrogens is 388 g/mol. The van der Waals surface area contributed by atoms with Crippen molar-refractivity contribution in [3.05, 3.63) is 77.6 Å². The maximum Gasteiger partial charge on any atom is 0.316 e. The van der Waals surface area contributed by atoms with Crippen LogP contribution >= 0.6 is 11.6 Å². The molecule has 3 aromatic rings. The average molecular weight is 409 g/mol. The van der Waals surface area contributed by atoms with Gasteiger partial charge < -0.3 is 15.4 Å². The molecule has 1 fully saturated rings. The predicted octanol–water partition coefficient (Wildman–Crippen LogP) is 3.34. The first-order chi connectivity index (χ1) is 14.2. The van der Waals surface area contributed by atoms with Gasteiger partial charge in [-0.25, -0.2) is 9.97 Å². The molecule has 0 unspecified atom stereocenters. The molecule has 2 atom stereocenters. The summed E-state index contributed by atoms with van der Waals surface area (Å²) in [6, 6.07) is 17.3. The van der Waals surface area contributed by atoms with Gasteiger partial charge in [0, 0.05) is 54.1 Å². The molecule has 2 aromatic carbocycles. The fourth-order valence-corrected chi connectivity index (χ4v) is 3.38. The van der Waals surface area contributed by atoms with E-state index in [4.69, 9.17) is 16.3 Å². The van der Waals surface area contributed by atoms with Crippen molar-refractivity contribution < 1.29 is 9.53 Å². The van der Waals surface area contributed by atoms with E-state index in [-0.39, 0.29) is 18.1 Å². The second-order valence-corrected chi connectivity index (χ2v) is 7.35. The second-order valence-electron chi connectivity index (χ2n) is 6.92. The van der Waals surface area contributed by atoms with E-state index in [1.807, 2.05) is 30.3 Å². The minimum atomic E-state index is -0.118. The van der Waals surface area contributed by atoms with Crippen molar-refractivity contribution in [2.75, 3.05) is 13.1 Å². The van der Waals surface area contributed by atoms with E-state index in [0.717, 1.165) is 17.5 Å². The Morgan fingerprint density at radius 2 is 1.79 bits per heavy atom. The average Bonchev–Trinajstić information content (AvgIpc) is 3.21. The minimum absolute atomic E-state index is 0.0324. The van der Waals surface area contributed by atoms with Crippen LogP contribution < -0.4 is 15.4 Å². The largest absolute Gasteiger partial charge is 0.459 e. The normalized spacial score (nSPS) is 18.4. The van der Waals surface area contributed by atoms with E-state index in [2.05, 4.69) is 20.6 Å². The summed E-state index contributed by atoms with van der Waals surface area (Å²) in [5.74, 6) is -0.118. The van der Waals surface area contributed by atoms with Crippen LogP contribution in [0.15, 0.2) is 67.0 Å². The Morgan fingerprint density at radius 3 is 2.52 bits per heavy atom. The van der Waals surface area contributed by atoms with Crippen molar-refractivity contribution in [1.82, 2.24) is 20.6 Å². The number of hydrogen-bond acceptors (Lipinski definition) is 5. The molecular formula is C22H21ClN4O2. The third-order valence-corrected chi connectivity index (χ3v) is 5.06. The molecule has 1 amide bonds. The third-order valence-electron chi connectivity index (χ3n) is 4.80. The highest BCUT2D eigenvalue weighted by molar-refractivity contribution is 6.30. The molecule has 0 spiro atoms. The number of aromatic nitrogens is 2. The Balaban J connectivity index is 1.25. The predicted molar refractivity (Wildman–Crippen MR) is 112 cm³/mol. The molecule has 0 bridgehead atoms. The summed E-state index contributed by atoms with van der Waals surface area (Å²) in [6.07, 6.45) is 4.27. The van der Waals surface area contributed by atoms with Gasteiger partial charge in [-0.15, -0.1) is 0 Å². The topological polar surface area (TPSA) is 76.1 Å². The van der Waals surface area contributed by atoms with E-state index < -0.39 is 0 Å². The van der Waals surface area contributed by atoms with Gasteiger partial charge in [-0.05, 0) is 29.8 Å². The van der Waals surface area contributed by atoms with Crippen molar-refractivity contribution >= 4 is 17.5 Å². The lowest BCUT2D eigenvalue weighted by Gasteiger charge is -2.13. The first-order valence-electron chi connectivity index (χ1n) is 9.48. The van der Waals surface area contributed by atoms with Gasteiger partial charge in [0.2, 0.25) is 0 Å². The highest BCUT2D eigenvalue weighted by Gasteiger charge is 2.26. The van der Waals surface area contributed by atoms with Gasteiger partial charge >= 0.3 is 6.01 Å². The van der Waals surface area contributed by atoms with Crippen LogP contribution in [0.25, 0.3) is 11.1 Å². The Hall–Kier alpha value is -2.96. The highest BCUT2D eigenvalue weighted by atomic mass is 35.5. The second kappa shape index (κ2) is 9.03. The molecule has 0 saturated carbocycles. The lowest BCUT2D eigenvalue weighted by molar-refractivity contribution is 0.0949. The van der Waals surface area contributed by atoms with Crippen molar-refractivity contribution in [3.8, 4) is 17.1 Å². The number of amides is 1. The molecule has 2 N–H and O–H groups in total. The number of halogens is 1. The van der Waals surface area contributed by atoms with E-state index in [9.17, 15) is 4.79 Å². The van der Waals surface area contributed by atoms with Crippen LogP contribution in [0, 0.1) is 0 Å². The monoisotopic (exact) mass is 408 g/mol. The quantitative estimate of drug-likeness (QED) is 0.654. The van der Waals surface area contributed by atoms with Crippen LogP contribution in [-0.4, -0.2) is 41.1 Å². The van der Waals surface area contributed by atoms with Crippen LogP contribution in [-0.2, 0) is 0 Å². The van der Waals surface area contributed by atoms with Gasteiger partial charge in [0.1, 0.15) is 6.10 Å². The molecule has 29 heavy (non-hydrogen) atoms. The van der Waals surface area contributed by atoms with Gasteiger partial charge in [-0.3, -0.25) is 4.79 Å². The van der Waals surface area contributed by atoms with Crippen molar-refractivity contribution in [2.24, 2.45) is 0 Å². The number of rotatable bonds is 6. The molecule has 1 saturated heterocycles. The molecule has 148 valence electrons. The summed E-state index contributed by atoms with van der Waals surface area (Å²) in [6.45, 7) is 1.21. The molecule has 1 aliphatic heterocycles. The molecule has 1 aliphatic rings. The summed E-state index contributed by atoms with van der Waals surface area (Å²) in [5, 5.41) is 6.91. The van der Waals surface area contributed by atoms with E-state index >= 15 is 0 Å². The minimum Gasteiger partial charge on any atom is -0.459 e. The number of nitrogens with zero attached hydrogens (tertiary/aromatic N) is 2. The summed E-state index contributed by atoms with van der Waals surface area (Å²) in [5.41, 5.74) is 2.61. The lowest BCUT2D eigenvalue weighted by atomic mass is 10.1. The summed E-state index contributed by atoms with van der Waals surface area (Å²) in [4.78, 5) is 20.8. The zero-order valence-electron chi connectivity index (χ0n) is 15.7. The highest BCUT2D eigenvalue weighted by Crippen LogP contribution is 2.19. The van der Waals surface area contributed by atoms with Gasteiger partial charge in [-0.2, -0.15) is 0 Å². The van der Waals surface area contributed by atoms with Gasteiger partial charge in [0.15, 0.2) is 0 Å². The number of carbonyl (C=O) groups excluding carboxylic acids is 1. The van der Waals surface area contributed by atoms with Crippen LogP contribution in [0.4, 0.5) is 0 Å². The van der Waals surface area contributed by atoms with Crippen molar-refractivity contribution in [2.45, 2.75) is 18.6 Å². The number of carbonyl (C=O) groups is 1. The first-order valence-corrected chi connectivity index (χ1v) is 9.86. The van der Waals surface area contributed by atoms with E-state index in [1.165, 1.54) is 0 Å². The fraction of sp³-hybridized carbons (Fsp3) is 0.227. The molecule has 1 aromatic heterocycles. The number of hydrogen-bond donors (Lipinski definition) is 2. The van der Waals surface area contributed by atoms with Crippen molar-refractivity contribution in [1.29, 1.82) is 0 Å².